The quantitative estimate of drug-likeness (QED) is 0.882. The fourth-order valence-corrected chi connectivity index (χ4v) is 2.45. The van der Waals surface area contributed by atoms with Gasteiger partial charge in [0.15, 0.2) is 5.65 Å². The van der Waals surface area contributed by atoms with Gasteiger partial charge in [0.2, 0.25) is 0 Å². The number of aromatic nitrogens is 3. The maximum absolute atomic E-state index is 4.62. The second-order valence-corrected chi connectivity index (χ2v) is 5.32. The molecule has 1 atom stereocenters. The Bertz CT molecular complexity index is 569. The van der Waals surface area contributed by atoms with E-state index < -0.39 is 0 Å². The van der Waals surface area contributed by atoms with Crippen molar-refractivity contribution < 1.29 is 0 Å². The van der Waals surface area contributed by atoms with Crippen molar-refractivity contribution in [3.8, 4) is 0 Å². The smallest absolute Gasteiger partial charge is 0.180 e. The largest absolute Gasteiger partial charge is 0.354 e. The number of piperazine rings is 1. The molecule has 3 rings (SSSR count). The van der Waals surface area contributed by atoms with Crippen LogP contribution in [0.15, 0.2) is 24.5 Å². The molecule has 0 bridgehead atoms. The van der Waals surface area contributed by atoms with Gasteiger partial charge in [-0.2, -0.15) is 0 Å². The molecule has 0 radical (unpaired) electrons. The van der Waals surface area contributed by atoms with Crippen molar-refractivity contribution in [2.24, 2.45) is 5.92 Å². The highest BCUT2D eigenvalue weighted by molar-refractivity contribution is 5.71. The summed E-state index contributed by atoms with van der Waals surface area (Å²) in [6.45, 7) is 7.49. The number of nitrogens with one attached hydrogen (secondary N) is 1. The molecular weight excluding hydrogens is 238 g/mol. The molecule has 5 heteroatoms. The third kappa shape index (κ3) is 2.51. The maximum atomic E-state index is 4.62. The molecule has 1 fully saturated rings. The summed E-state index contributed by atoms with van der Waals surface area (Å²) in [6.07, 6.45) is 3.39. The molecule has 2 aromatic rings. The van der Waals surface area contributed by atoms with Crippen molar-refractivity contribution in [2.75, 3.05) is 24.5 Å². The molecule has 1 aliphatic heterocycles. The number of rotatable bonds is 2. The minimum atomic E-state index is 0.521. The molecule has 19 heavy (non-hydrogen) atoms. The van der Waals surface area contributed by atoms with Crippen LogP contribution in [-0.4, -0.2) is 40.6 Å². The Morgan fingerprint density at radius 2 is 2.11 bits per heavy atom. The first-order valence-corrected chi connectivity index (χ1v) is 6.80. The fourth-order valence-electron chi connectivity index (χ4n) is 2.45. The van der Waals surface area contributed by atoms with Crippen LogP contribution in [0.3, 0.4) is 0 Å². The molecular formula is C14H19N5. The third-order valence-corrected chi connectivity index (χ3v) is 3.65. The lowest BCUT2D eigenvalue weighted by atomic mass is 10.0. The lowest BCUT2D eigenvalue weighted by Crippen LogP contribution is -2.53. The standard InChI is InChI=1S/C14H19N5/c1-10(2)12-9-19(8-7-16-12)13-4-3-11-14(18-13)17-6-5-15-11/h3-6,10,12,16H,7-9H2,1-2H3/t12-/m1/s1. The van der Waals surface area contributed by atoms with Crippen LogP contribution in [0.25, 0.3) is 11.2 Å². The van der Waals surface area contributed by atoms with Gasteiger partial charge in [0, 0.05) is 38.1 Å². The summed E-state index contributed by atoms with van der Waals surface area (Å²) < 4.78 is 0. The van der Waals surface area contributed by atoms with Gasteiger partial charge in [-0.25, -0.2) is 9.97 Å². The van der Waals surface area contributed by atoms with Gasteiger partial charge in [0.05, 0.1) is 0 Å². The van der Waals surface area contributed by atoms with Crippen LogP contribution >= 0.6 is 0 Å². The summed E-state index contributed by atoms with van der Waals surface area (Å²) >= 11 is 0. The van der Waals surface area contributed by atoms with Crippen LogP contribution < -0.4 is 10.2 Å². The zero-order valence-corrected chi connectivity index (χ0v) is 11.4. The van der Waals surface area contributed by atoms with Gasteiger partial charge in [0.25, 0.3) is 0 Å². The Morgan fingerprint density at radius 1 is 1.26 bits per heavy atom. The summed E-state index contributed by atoms with van der Waals surface area (Å²) in [5.41, 5.74) is 1.57. The SMILES string of the molecule is CC(C)[C@H]1CN(c2ccc3nccnc3n2)CCN1. The Hall–Kier alpha value is -1.75. The number of anilines is 1. The van der Waals surface area contributed by atoms with E-state index in [0.717, 1.165) is 36.6 Å². The molecule has 2 aromatic heterocycles. The van der Waals surface area contributed by atoms with Gasteiger partial charge in [0.1, 0.15) is 11.3 Å². The first kappa shape index (κ1) is 12.3. The minimum Gasteiger partial charge on any atom is -0.354 e. The third-order valence-electron chi connectivity index (χ3n) is 3.65. The van der Waals surface area contributed by atoms with E-state index in [-0.39, 0.29) is 0 Å². The lowest BCUT2D eigenvalue weighted by molar-refractivity contribution is 0.367. The predicted octanol–water partition coefficient (Wildman–Crippen LogP) is 1.46. The lowest BCUT2D eigenvalue weighted by Gasteiger charge is -2.36. The van der Waals surface area contributed by atoms with E-state index in [9.17, 15) is 0 Å². The second kappa shape index (κ2) is 5.09. The van der Waals surface area contributed by atoms with Crippen molar-refractivity contribution in [3.05, 3.63) is 24.5 Å². The van der Waals surface area contributed by atoms with Crippen molar-refractivity contribution in [3.63, 3.8) is 0 Å². The molecule has 1 N–H and O–H groups in total. The average Bonchev–Trinajstić information content (AvgIpc) is 2.47. The Morgan fingerprint density at radius 3 is 2.95 bits per heavy atom. The van der Waals surface area contributed by atoms with E-state index >= 15 is 0 Å². The van der Waals surface area contributed by atoms with Gasteiger partial charge in [-0.15, -0.1) is 0 Å². The van der Waals surface area contributed by atoms with Crippen LogP contribution in [0.4, 0.5) is 5.82 Å². The van der Waals surface area contributed by atoms with Gasteiger partial charge in [-0.05, 0) is 18.1 Å². The Kier molecular flexibility index (Phi) is 3.29. The van der Waals surface area contributed by atoms with Crippen molar-refractivity contribution >= 4 is 17.0 Å². The van der Waals surface area contributed by atoms with Crippen LogP contribution in [0.5, 0.6) is 0 Å². The van der Waals surface area contributed by atoms with E-state index in [0.29, 0.717) is 12.0 Å². The Labute approximate surface area is 113 Å². The summed E-state index contributed by atoms with van der Waals surface area (Å²) in [5.74, 6) is 1.63. The molecule has 0 saturated carbocycles. The van der Waals surface area contributed by atoms with Crippen LogP contribution in [-0.2, 0) is 0 Å². The maximum Gasteiger partial charge on any atom is 0.180 e. The van der Waals surface area contributed by atoms with Crippen molar-refractivity contribution in [1.82, 2.24) is 20.3 Å². The van der Waals surface area contributed by atoms with E-state index in [4.69, 9.17) is 0 Å². The highest BCUT2D eigenvalue weighted by atomic mass is 15.2. The highest BCUT2D eigenvalue weighted by Crippen LogP contribution is 2.18. The van der Waals surface area contributed by atoms with Gasteiger partial charge < -0.3 is 10.2 Å². The van der Waals surface area contributed by atoms with Crippen LogP contribution in [0.1, 0.15) is 13.8 Å². The highest BCUT2D eigenvalue weighted by Gasteiger charge is 2.22. The molecule has 0 aliphatic carbocycles. The van der Waals surface area contributed by atoms with Crippen LogP contribution in [0.2, 0.25) is 0 Å². The number of pyridine rings is 1. The first-order chi connectivity index (χ1) is 9.24. The van der Waals surface area contributed by atoms with Crippen molar-refractivity contribution in [1.29, 1.82) is 0 Å². The number of hydrogen-bond donors (Lipinski definition) is 1. The molecule has 1 aliphatic rings. The molecule has 0 aromatic carbocycles. The number of hydrogen-bond acceptors (Lipinski definition) is 5. The summed E-state index contributed by atoms with van der Waals surface area (Å²) in [5, 5.41) is 3.56. The van der Waals surface area contributed by atoms with Crippen LogP contribution in [0, 0.1) is 5.92 Å². The predicted molar refractivity (Wildman–Crippen MR) is 76.2 cm³/mol. The summed E-state index contributed by atoms with van der Waals surface area (Å²) in [4.78, 5) is 15.5. The van der Waals surface area contributed by atoms with E-state index in [1.165, 1.54) is 0 Å². The van der Waals surface area contributed by atoms with Crippen molar-refractivity contribution in [2.45, 2.75) is 19.9 Å². The molecule has 5 nitrogen and oxygen atoms in total. The molecule has 0 amide bonds. The topological polar surface area (TPSA) is 53.9 Å². The molecule has 3 heterocycles. The van der Waals surface area contributed by atoms with E-state index in [1.54, 1.807) is 12.4 Å². The molecule has 100 valence electrons. The first-order valence-electron chi connectivity index (χ1n) is 6.80. The van der Waals surface area contributed by atoms with E-state index in [1.807, 2.05) is 12.1 Å². The zero-order valence-electron chi connectivity index (χ0n) is 11.4. The second-order valence-electron chi connectivity index (χ2n) is 5.32. The number of fused-ring (bicyclic) bond motifs is 1. The van der Waals surface area contributed by atoms with Gasteiger partial charge in [-0.3, -0.25) is 4.98 Å². The summed E-state index contributed by atoms with van der Waals surface area (Å²) in [7, 11) is 0. The number of nitrogens with zero attached hydrogens (tertiary/aromatic N) is 4. The van der Waals surface area contributed by atoms with Gasteiger partial charge in [-0.1, -0.05) is 13.8 Å². The van der Waals surface area contributed by atoms with E-state index in [2.05, 4.69) is 39.0 Å². The zero-order chi connectivity index (χ0) is 13.2. The monoisotopic (exact) mass is 257 g/mol. The average molecular weight is 257 g/mol. The molecule has 0 unspecified atom stereocenters. The molecule has 1 saturated heterocycles. The minimum absolute atomic E-state index is 0.521. The normalized spacial score (nSPS) is 20.2. The summed E-state index contributed by atoms with van der Waals surface area (Å²) in [6, 6.07) is 4.56. The Balaban J connectivity index is 1.87. The van der Waals surface area contributed by atoms with Gasteiger partial charge >= 0.3 is 0 Å². The fraction of sp³-hybridized carbons (Fsp3) is 0.500. The molecule has 0 spiro atoms.